The molecule has 6 nitrogen and oxygen atoms in total. The van der Waals surface area contributed by atoms with Crippen LogP contribution in [0.15, 0.2) is 12.5 Å². The summed E-state index contributed by atoms with van der Waals surface area (Å²) in [5, 5.41) is 10.3. The van der Waals surface area contributed by atoms with Gasteiger partial charge in [-0.1, -0.05) is 0 Å². The fourth-order valence-corrected chi connectivity index (χ4v) is 3.35. The highest BCUT2D eigenvalue weighted by Crippen LogP contribution is 2.26. The minimum atomic E-state index is -0.258. The molecule has 21 heavy (non-hydrogen) atoms. The van der Waals surface area contributed by atoms with Gasteiger partial charge in [-0.25, -0.2) is 4.98 Å². The minimum absolute atomic E-state index is 0.258. The molecule has 6 heteroatoms. The standard InChI is InChI=1S/C15H26N4O2/c20-14(11-19-5-7-21-8-6-19)10-18-3-1-13(2-4-18)15-9-16-12-17-15/h9,12-14,20H,1-8,10-11H2,(H,16,17). The van der Waals surface area contributed by atoms with Crippen LogP contribution in [0, 0.1) is 0 Å². The summed E-state index contributed by atoms with van der Waals surface area (Å²) in [5.41, 5.74) is 1.25. The number of aliphatic hydroxyl groups is 1. The predicted octanol–water partition coefficient (Wildman–Crippen LogP) is 0.282. The van der Waals surface area contributed by atoms with Gasteiger partial charge < -0.3 is 19.7 Å². The number of imidazole rings is 1. The van der Waals surface area contributed by atoms with Gasteiger partial charge >= 0.3 is 0 Å². The van der Waals surface area contributed by atoms with Crippen LogP contribution in [0.5, 0.6) is 0 Å². The molecule has 3 rings (SSSR count). The second-order valence-corrected chi connectivity index (χ2v) is 6.15. The fraction of sp³-hybridized carbons (Fsp3) is 0.800. The number of likely N-dealkylation sites (tertiary alicyclic amines) is 1. The van der Waals surface area contributed by atoms with E-state index >= 15 is 0 Å². The highest BCUT2D eigenvalue weighted by Gasteiger charge is 2.23. The molecule has 0 amide bonds. The molecule has 1 aromatic heterocycles. The molecule has 0 aliphatic carbocycles. The number of aliphatic hydroxyl groups excluding tert-OH is 1. The second kappa shape index (κ2) is 7.35. The molecule has 2 N–H and O–H groups in total. The van der Waals surface area contributed by atoms with Crippen LogP contribution in [-0.4, -0.2) is 83.5 Å². The van der Waals surface area contributed by atoms with Crippen LogP contribution in [0.1, 0.15) is 24.5 Å². The number of nitrogens with zero attached hydrogens (tertiary/aromatic N) is 3. The molecule has 2 fully saturated rings. The monoisotopic (exact) mass is 294 g/mol. The Morgan fingerprint density at radius 3 is 2.48 bits per heavy atom. The number of β-amino-alcohol motifs (C(OH)–C–C–N with tert-alkyl or cyclic N) is 1. The van der Waals surface area contributed by atoms with Crippen LogP contribution in [0.2, 0.25) is 0 Å². The van der Waals surface area contributed by atoms with Gasteiger partial charge in [-0.3, -0.25) is 4.90 Å². The van der Waals surface area contributed by atoms with Crippen molar-refractivity contribution in [3.05, 3.63) is 18.2 Å². The minimum Gasteiger partial charge on any atom is -0.390 e. The van der Waals surface area contributed by atoms with E-state index in [-0.39, 0.29) is 6.10 Å². The average Bonchev–Trinajstić information content (AvgIpc) is 3.03. The number of ether oxygens (including phenoxy) is 1. The summed E-state index contributed by atoms with van der Waals surface area (Å²) in [5.74, 6) is 0.597. The molecule has 0 aromatic carbocycles. The van der Waals surface area contributed by atoms with E-state index in [0.29, 0.717) is 5.92 Å². The Balaban J connectivity index is 1.38. The van der Waals surface area contributed by atoms with E-state index in [4.69, 9.17) is 4.74 Å². The second-order valence-electron chi connectivity index (χ2n) is 6.15. The van der Waals surface area contributed by atoms with Crippen LogP contribution >= 0.6 is 0 Å². The lowest BCUT2D eigenvalue weighted by Crippen LogP contribution is -2.46. The summed E-state index contributed by atoms with van der Waals surface area (Å²) in [7, 11) is 0. The molecule has 0 spiro atoms. The van der Waals surface area contributed by atoms with Gasteiger partial charge in [0.05, 0.1) is 25.6 Å². The maximum absolute atomic E-state index is 10.3. The number of rotatable bonds is 5. The number of nitrogens with one attached hydrogen (secondary N) is 1. The van der Waals surface area contributed by atoms with Crippen LogP contribution in [0.4, 0.5) is 0 Å². The topological polar surface area (TPSA) is 64.6 Å². The number of piperidine rings is 1. The molecule has 1 atom stereocenters. The average molecular weight is 294 g/mol. The van der Waals surface area contributed by atoms with E-state index in [1.807, 2.05) is 6.20 Å². The third kappa shape index (κ3) is 4.26. The van der Waals surface area contributed by atoms with Crippen molar-refractivity contribution < 1.29 is 9.84 Å². The summed E-state index contributed by atoms with van der Waals surface area (Å²) in [6.07, 6.45) is 5.73. The maximum atomic E-state index is 10.3. The molecule has 2 aliphatic heterocycles. The summed E-state index contributed by atoms with van der Waals surface area (Å²) >= 11 is 0. The molecule has 118 valence electrons. The van der Waals surface area contributed by atoms with Crippen LogP contribution in [-0.2, 0) is 4.74 Å². The zero-order valence-electron chi connectivity index (χ0n) is 12.6. The summed E-state index contributed by atoms with van der Waals surface area (Å²) in [4.78, 5) is 12.0. The SMILES string of the molecule is OC(CN1CCOCC1)CN1CCC(c2cnc[nH]2)CC1. The fourth-order valence-electron chi connectivity index (χ4n) is 3.35. The summed E-state index contributed by atoms with van der Waals surface area (Å²) < 4.78 is 5.34. The lowest BCUT2D eigenvalue weighted by atomic mass is 9.94. The number of hydrogen-bond acceptors (Lipinski definition) is 5. The van der Waals surface area contributed by atoms with Crippen molar-refractivity contribution in [1.29, 1.82) is 0 Å². The highest BCUT2D eigenvalue weighted by molar-refractivity contribution is 5.04. The first-order valence-electron chi connectivity index (χ1n) is 8.00. The van der Waals surface area contributed by atoms with Crippen molar-refractivity contribution in [2.24, 2.45) is 0 Å². The Morgan fingerprint density at radius 1 is 1.19 bits per heavy atom. The van der Waals surface area contributed by atoms with Crippen LogP contribution in [0.25, 0.3) is 0 Å². The van der Waals surface area contributed by atoms with Crippen molar-refractivity contribution in [3.8, 4) is 0 Å². The predicted molar refractivity (Wildman–Crippen MR) is 80.3 cm³/mol. The zero-order chi connectivity index (χ0) is 14.5. The van der Waals surface area contributed by atoms with Gasteiger partial charge in [-0.05, 0) is 25.9 Å². The number of hydrogen-bond donors (Lipinski definition) is 2. The van der Waals surface area contributed by atoms with E-state index in [1.54, 1.807) is 6.33 Å². The summed E-state index contributed by atoms with van der Waals surface area (Å²) in [6.45, 7) is 7.15. The number of aromatic amines is 1. The smallest absolute Gasteiger partial charge is 0.0921 e. The van der Waals surface area contributed by atoms with Gasteiger partial charge in [-0.15, -0.1) is 0 Å². The summed E-state index contributed by atoms with van der Waals surface area (Å²) in [6, 6.07) is 0. The lowest BCUT2D eigenvalue weighted by Gasteiger charge is -2.34. The number of morpholine rings is 1. The molecule has 0 saturated carbocycles. The maximum Gasteiger partial charge on any atom is 0.0921 e. The van der Waals surface area contributed by atoms with Crippen LogP contribution < -0.4 is 0 Å². The normalized spacial score (nSPS) is 24.2. The van der Waals surface area contributed by atoms with E-state index in [9.17, 15) is 5.11 Å². The third-order valence-electron chi connectivity index (χ3n) is 4.59. The molecule has 0 bridgehead atoms. The van der Waals surface area contributed by atoms with Crippen molar-refractivity contribution in [1.82, 2.24) is 19.8 Å². The van der Waals surface area contributed by atoms with Crippen LogP contribution in [0.3, 0.4) is 0 Å². The Morgan fingerprint density at radius 2 is 1.86 bits per heavy atom. The first-order valence-corrected chi connectivity index (χ1v) is 8.00. The van der Waals surface area contributed by atoms with Gasteiger partial charge in [0.2, 0.25) is 0 Å². The van der Waals surface area contributed by atoms with E-state index < -0.39 is 0 Å². The Hall–Kier alpha value is -0.950. The van der Waals surface area contributed by atoms with Gasteiger partial charge in [0.25, 0.3) is 0 Å². The highest BCUT2D eigenvalue weighted by atomic mass is 16.5. The van der Waals surface area contributed by atoms with Gasteiger partial charge in [0.15, 0.2) is 0 Å². The van der Waals surface area contributed by atoms with E-state index in [2.05, 4.69) is 19.8 Å². The van der Waals surface area contributed by atoms with Gasteiger partial charge in [0.1, 0.15) is 0 Å². The molecular weight excluding hydrogens is 268 g/mol. The molecular formula is C15H26N4O2. The largest absolute Gasteiger partial charge is 0.390 e. The first-order chi connectivity index (χ1) is 10.3. The third-order valence-corrected chi connectivity index (χ3v) is 4.59. The molecule has 1 unspecified atom stereocenters. The Bertz CT molecular complexity index is 398. The van der Waals surface area contributed by atoms with Gasteiger partial charge in [-0.2, -0.15) is 0 Å². The molecule has 3 heterocycles. The molecule has 1 aromatic rings. The molecule has 0 radical (unpaired) electrons. The quantitative estimate of drug-likeness (QED) is 0.817. The van der Waals surface area contributed by atoms with Crippen molar-refractivity contribution in [2.75, 3.05) is 52.5 Å². The van der Waals surface area contributed by atoms with Crippen molar-refractivity contribution >= 4 is 0 Å². The lowest BCUT2D eigenvalue weighted by molar-refractivity contribution is 0.00507. The Kier molecular flexibility index (Phi) is 5.24. The van der Waals surface area contributed by atoms with Crippen molar-refractivity contribution in [3.63, 3.8) is 0 Å². The Labute approximate surface area is 126 Å². The number of H-pyrrole nitrogens is 1. The van der Waals surface area contributed by atoms with E-state index in [0.717, 1.165) is 65.3 Å². The first kappa shape index (κ1) is 15.0. The van der Waals surface area contributed by atoms with Gasteiger partial charge in [0, 0.05) is 44.0 Å². The van der Waals surface area contributed by atoms with Crippen molar-refractivity contribution in [2.45, 2.75) is 24.9 Å². The molecule has 2 aliphatic rings. The molecule has 2 saturated heterocycles. The van der Waals surface area contributed by atoms with E-state index in [1.165, 1.54) is 5.69 Å². The zero-order valence-corrected chi connectivity index (χ0v) is 12.6. The number of aromatic nitrogens is 2.